The van der Waals surface area contributed by atoms with Crippen LogP contribution in [0.3, 0.4) is 0 Å². The monoisotopic (exact) mass is 613 g/mol. The highest BCUT2D eigenvalue weighted by molar-refractivity contribution is 9.10. The molecule has 0 aliphatic carbocycles. The van der Waals surface area contributed by atoms with E-state index in [0.29, 0.717) is 12.2 Å². The molecule has 3 rings (SSSR count). The molecular formula is C30H36BrN3O4S. The number of hydrogen-bond donors (Lipinski definition) is 1. The van der Waals surface area contributed by atoms with Gasteiger partial charge in [0.1, 0.15) is 12.6 Å². The molecule has 9 heteroatoms. The molecule has 0 bridgehead atoms. The first kappa shape index (κ1) is 30.4. The normalized spacial score (nSPS) is 12.2. The molecule has 0 spiro atoms. The van der Waals surface area contributed by atoms with E-state index in [4.69, 9.17) is 0 Å². The molecule has 7 nitrogen and oxygen atoms in total. The summed E-state index contributed by atoms with van der Waals surface area (Å²) >= 11 is 3.46. The van der Waals surface area contributed by atoms with E-state index >= 15 is 0 Å². The second-order valence-electron chi connectivity index (χ2n) is 10.0. The highest BCUT2D eigenvalue weighted by Gasteiger charge is 2.33. The van der Waals surface area contributed by atoms with Crippen LogP contribution >= 0.6 is 15.9 Å². The lowest BCUT2D eigenvalue weighted by Gasteiger charge is -2.32. The number of sulfonamides is 1. The number of nitrogens with zero attached hydrogens (tertiary/aromatic N) is 2. The number of rotatable bonds is 11. The first-order valence-corrected chi connectivity index (χ1v) is 15.1. The van der Waals surface area contributed by atoms with Crippen molar-refractivity contribution in [1.29, 1.82) is 0 Å². The SMILES string of the molecule is Cc1cccc(N(CC(=O)N(Cc2cccc(Br)c2)[C@@H](C)C(=O)NCC(C)C)S(=O)(=O)c2ccccc2)c1C. The van der Waals surface area contributed by atoms with E-state index in [0.717, 1.165) is 25.5 Å². The Bertz CT molecular complexity index is 1410. The van der Waals surface area contributed by atoms with Gasteiger partial charge >= 0.3 is 0 Å². The standard InChI is InChI=1S/C30H36BrN3O4S/c1-21(2)18-32-30(36)24(5)33(19-25-12-10-13-26(31)17-25)29(35)20-34(28-16-9-11-22(3)23(28)4)39(37,38)27-14-7-6-8-15-27/h6-17,21,24H,18-20H2,1-5H3,(H,32,36)/t24-/m0/s1. The Morgan fingerprint density at radius 2 is 1.59 bits per heavy atom. The van der Waals surface area contributed by atoms with Gasteiger partial charge in [-0.05, 0) is 73.7 Å². The summed E-state index contributed by atoms with van der Waals surface area (Å²) in [7, 11) is -4.09. The molecule has 208 valence electrons. The molecule has 0 saturated carbocycles. The largest absolute Gasteiger partial charge is 0.354 e. The third-order valence-corrected chi connectivity index (χ3v) is 8.82. The third kappa shape index (κ3) is 7.70. The maximum Gasteiger partial charge on any atom is 0.264 e. The number of benzene rings is 3. The molecule has 3 aromatic carbocycles. The summed E-state index contributed by atoms with van der Waals surface area (Å²) < 4.78 is 29.8. The van der Waals surface area contributed by atoms with E-state index in [1.54, 1.807) is 37.3 Å². The number of carbonyl (C=O) groups excluding carboxylic acids is 2. The van der Waals surface area contributed by atoms with Gasteiger partial charge in [0.15, 0.2) is 0 Å². The van der Waals surface area contributed by atoms with Crippen molar-refractivity contribution in [2.75, 3.05) is 17.4 Å². The van der Waals surface area contributed by atoms with Crippen LogP contribution in [0.4, 0.5) is 5.69 Å². The quantitative estimate of drug-likeness (QED) is 0.311. The number of carbonyl (C=O) groups is 2. The fourth-order valence-electron chi connectivity index (χ4n) is 4.11. The summed E-state index contributed by atoms with van der Waals surface area (Å²) in [4.78, 5) is 28.6. The van der Waals surface area contributed by atoms with Crippen LogP contribution in [-0.4, -0.2) is 44.3 Å². The van der Waals surface area contributed by atoms with Gasteiger partial charge in [-0.15, -0.1) is 0 Å². The van der Waals surface area contributed by atoms with E-state index in [2.05, 4.69) is 21.2 Å². The summed E-state index contributed by atoms with van der Waals surface area (Å²) in [5.74, 6) is -0.537. The minimum atomic E-state index is -4.09. The van der Waals surface area contributed by atoms with Crippen molar-refractivity contribution >= 4 is 43.5 Å². The van der Waals surface area contributed by atoms with Gasteiger partial charge in [0.05, 0.1) is 10.6 Å². The van der Waals surface area contributed by atoms with Crippen molar-refractivity contribution in [1.82, 2.24) is 10.2 Å². The highest BCUT2D eigenvalue weighted by atomic mass is 79.9. The molecule has 0 saturated heterocycles. The van der Waals surface area contributed by atoms with Crippen molar-refractivity contribution in [3.8, 4) is 0 Å². The molecule has 39 heavy (non-hydrogen) atoms. The lowest BCUT2D eigenvalue weighted by atomic mass is 10.1. The third-order valence-electron chi connectivity index (χ3n) is 6.55. The fourth-order valence-corrected chi connectivity index (χ4v) is 6.05. The van der Waals surface area contributed by atoms with E-state index in [1.165, 1.54) is 17.0 Å². The Labute approximate surface area is 240 Å². The molecule has 2 amide bonds. The molecule has 0 fully saturated rings. The molecule has 3 aromatic rings. The first-order chi connectivity index (χ1) is 18.4. The van der Waals surface area contributed by atoms with Gasteiger partial charge in [-0.25, -0.2) is 8.42 Å². The Morgan fingerprint density at radius 1 is 0.923 bits per heavy atom. The highest BCUT2D eigenvalue weighted by Crippen LogP contribution is 2.29. The second-order valence-corrected chi connectivity index (χ2v) is 12.8. The van der Waals surface area contributed by atoms with Gasteiger partial charge in [-0.2, -0.15) is 0 Å². The number of nitrogens with one attached hydrogen (secondary N) is 1. The van der Waals surface area contributed by atoms with E-state index < -0.39 is 28.5 Å². The lowest BCUT2D eigenvalue weighted by Crippen LogP contribution is -2.51. The van der Waals surface area contributed by atoms with Gasteiger partial charge in [0.2, 0.25) is 11.8 Å². The Balaban J connectivity index is 2.04. The molecular weight excluding hydrogens is 578 g/mol. The Morgan fingerprint density at radius 3 is 2.23 bits per heavy atom. The maximum absolute atomic E-state index is 14.0. The van der Waals surface area contributed by atoms with Crippen molar-refractivity contribution in [2.45, 2.75) is 52.1 Å². The van der Waals surface area contributed by atoms with Crippen LogP contribution in [0.15, 0.2) is 82.2 Å². The van der Waals surface area contributed by atoms with Crippen LogP contribution in [0.5, 0.6) is 0 Å². The summed E-state index contributed by atoms with van der Waals surface area (Å²) in [5, 5.41) is 2.90. The zero-order valence-corrected chi connectivity index (χ0v) is 25.4. The summed E-state index contributed by atoms with van der Waals surface area (Å²) in [6.07, 6.45) is 0. The minimum Gasteiger partial charge on any atom is -0.354 e. The maximum atomic E-state index is 14.0. The van der Waals surface area contributed by atoms with Gasteiger partial charge in [0, 0.05) is 17.6 Å². The zero-order chi connectivity index (χ0) is 28.7. The lowest BCUT2D eigenvalue weighted by molar-refractivity contribution is -0.139. The van der Waals surface area contributed by atoms with Crippen molar-refractivity contribution < 1.29 is 18.0 Å². The van der Waals surface area contributed by atoms with Crippen LogP contribution in [0.2, 0.25) is 0 Å². The van der Waals surface area contributed by atoms with Crippen LogP contribution in [-0.2, 0) is 26.2 Å². The van der Waals surface area contributed by atoms with Crippen LogP contribution < -0.4 is 9.62 Å². The van der Waals surface area contributed by atoms with Crippen LogP contribution in [0.25, 0.3) is 0 Å². The number of amides is 2. The van der Waals surface area contributed by atoms with E-state index in [-0.39, 0.29) is 23.3 Å². The Kier molecular flexibility index (Phi) is 10.3. The van der Waals surface area contributed by atoms with Crippen molar-refractivity contribution in [3.63, 3.8) is 0 Å². The van der Waals surface area contributed by atoms with Gasteiger partial charge in [0.25, 0.3) is 10.0 Å². The summed E-state index contributed by atoms with van der Waals surface area (Å²) in [5.41, 5.74) is 2.89. The average molecular weight is 615 g/mol. The molecule has 0 unspecified atom stereocenters. The zero-order valence-electron chi connectivity index (χ0n) is 23.0. The number of halogens is 1. The molecule has 0 heterocycles. The van der Waals surface area contributed by atoms with Crippen molar-refractivity contribution in [2.24, 2.45) is 5.92 Å². The fraction of sp³-hybridized carbons (Fsp3) is 0.333. The summed E-state index contributed by atoms with van der Waals surface area (Å²) in [6, 6.07) is 20.1. The van der Waals surface area contributed by atoms with Crippen molar-refractivity contribution in [3.05, 3.63) is 94.0 Å². The van der Waals surface area contributed by atoms with Crippen LogP contribution in [0, 0.1) is 19.8 Å². The number of anilines is 1. The van der Waals surface area contributed by atoms with E-state index in [1.807, 2.05) is 58.0 Å². The smallest absolute Gasteiger partial charge is 0.264 e. The Hall–Kier alpha value is -3.17. The predicted octanol–water partition coefficient (Wildman–Crippen LogP) is 5.45. The topological polar surface area (TPSA) is 86.8 Å². The number of aryl methyl sites for hydroxylation is 1. The average Bonchev–Trinajstić information content (AvgIpc) is 2.90. The first-order valence-electron chi connectivity index (χ1n) is 12.9. The molecule has 0 aliphatic rings. The predicted molar refractivity (Wildman–Crippen MR) is 159 cm³/mol. The van der Waals surface area contributed by atoms with E-state index in [9.17, 15) is 18.0 Å². The molecule has 0 radical (unpaired) electrons. The van der Waals surface area contributed by atoms with Gasteiger partial charge in [-0.1, -0.05) is 72.2 Å². The van der Waals surface area contributed by atoms with Crippen LogP contribution in [0.1, 0.15) is 37.5 Å². The number of hydrogen-bond acceptors (Lipinski definition) is 4. The minimum absolute atomic E-state index is 0.0833. The second kappa shape index (κ2) is 13.3. The molecule has 1 atom stereocenters. The molecule has 0 aromatic heterocycles. The van der Waals surface area contributed by atoms with Gasteiger partial charge in [-0.3, -0.25) is 13.9 Å². The molecule has 1 N–H and O–H groups in total. The summed E-state index contributed by atoms with van der Waals surface area (Å²) in [6.45, 7) is 9.53. The molecule has 0 aliphatic heterocycles. The van der Waals surface area contributed by atoms with Gasteiger partial charge < -0.3 is 10.2 Å².